The van der Waals surface area contributed by atoms with E-state index < -0.39 is 0 Å². The third-order valence-electron chi connectivity index (χ3n) is 5.04. The summed E-state index contributed by atoms with van der Waals surface area (Å²) < 4.78 is 11.0. The van der Waals surface area contributed by atoms with Crippen LogP contribution in [0.25, 0.3) is 0 Å². The molecule has 2 atom stereocenters. The highest BCUT2D eigenvalue weighted by Gasteiger charge is 2.38. The van der Waals surface area contributed by atoms with Crippen LogP contribution in [0.2, 0.25) is 0 Å². The van der Waals surface area contributed by atoms with Gasteiger partial charge >= 0.3 is 0 Å². The number of para-hydroxylation sites is 1. The van der Waals surface area contributed by atoms with Crippen LogP contribution in [0.4, 0.5) is 0 Å². The summed E-state index contributed by atoms with van der Waals surface area (Å²) in [5, 5.41) is 4.14. The van der Waals surface area contributed by atoms with Gasteiger partial charge in [0.25, 0.3) is 0 Å². The molecule has 2 aliphatic rings. The Morgan fingerprint density at radius 3 is 2.92 bits per heavy atom. The molecular weight excluding hydrogens is 318 g/mol. The molecule has 0 unspecified atom stereocenters. The molecule has 0 bridgehead atoms. The number of hydrogen-bond acceptors (Lipinski definition) is 5. The minimum atomic E-state index is -0.151. The number of carbonyl (C=O) groups is 1. The number of rotatable bonds is 3. The second kappa shape index (κ2) is 6.50. The van der Waals surface area contributed by atoms with Crippen LogP contribution >= 0.6 is 0 Å². The van der Waals surface area contributed by atoms with Crippen LogP contribution in [0.1, 0.15) is 68.3 Å². The predicted octanol–water partition coefficient (Wildman–Crippen LogP) is 3.42. The van der Waals surface area contributed by atoms with Crippen LogP contribution in [-0.2, 0) is 4.79 Å². The van der Waals surface area contributed by atoms with Gasteiger partial charge in [0, 0.05) is 18.0 Å². The molecular formula is C19H23N3O3. The van der Waals surface area contributed by atoms with Crippen molar-refractivity contribution in [2.75, 3.05) is 13.2 Å². The van der Waals surface area contributed by atoms with Crippen molar-refractivity contribution in [3.63, 3.8) is 0 Å². The number of fused-ring (bicyclic) bond motifs is 1. The molecule has 3 heterocycles. The Morgan fingerprint density at radius 1 is 1.28 bits per heavy atom. The molecule has 0 saturated carbocycles. The largest absolute Gasteiger partial charge is 0.493 e. The summed E-state index contributed by atoms with van der Waals surface area (Å²) in [6.07, 6.45) is 2.56. The smallest absolute Gasteiger partial charge is 0.231 e. The van der Waals surface area contributed by atoms with Gasteiger partial charge in [-0.25, -0.2) is 0 Å². The van der Waals surface area contributed by atoms with Crippen LogP contribution < -0.4 is 4.74 Å². The number of amides is 1. The van der Waals surface area contributed by atoms with E-state index in [0.29, 0.717) is 24.7 Å². The summed E-state index contributed by atoms with van der Waals surface area (Å²) in [5.41, 5.74) is 0.986. The van der Waals surface area contributed by atoms with Gasteiger partial charge in [0.2, 0.25) is 11.8 Å². The Balaban J connectivity index is 1.59. The summed E-state index contributed by atoms with van der Waals surface area (Å²) in [6.45, 7) is 5.36. The van der Waals surface area contributed by atoms with Gasteiger partial charge in [-0.3, -0.25) is 4.79 Å². The Labute approximate surface area is 147 Å². The van der Waals surface area contributed by atoms with Gasteiger partial charge in [-0.05, 0) is 25.3 Å². The number of aromatic nitrogens is 2. The highest BCUT2D eigenvalue weighted by atomic mass is 16.5. The second-order valence-electron chi connectivity index (χ2n) is 7.06. The Bertz CT molecular complexity index is 771. The number of hydrogen-bond donors (Lipinski definition) is 0. The molecule has 1 aromatic carbocycles. The lowest BCUT2D eigenvalue weighted by molar-refractivity contribution is -0.134. The van der Waals surface area contributed by atoms with E-state index in [0.717, 1.165) is 30.7 Å². The molecule has 0 aliphatic carbocycles. The molecule has 1 fully saturated rings. The Kier molecular flexibility index (Phi) is 4.19. The lowest BCUT2D eigenvalue weighted by Crippen LogP contribution is -2.37. The minimum absolute atomic E-state index is 0.0845. The molecule has 0 radical (unpaired) electrons. The lowest BCUT2D eigenvalue weighted by Gasteiger charge is -2.30. The van der Waals surface area contributed by atoms with Crippen molar-refractivity contribution < 1.29 is 14.1 Å². The maximum Gasteiger partial charge on any atom is 0.231 e. The van der Waals surface area contributed by atoms with Gasteiger partial charge in [-0.15, -0.1) is 0 Å². The van der Waals surface area contributed by atoms with E-state index in [1.165, 1.54) is 0 Å². The van der Waals surface area contributed by atoms with Gasteiger partial charge in [0.15, 0.2) is 5.82 Å². The standard InChI is InChI=1S/C19H23N3O3/c1-12(2)18-20-17(21-25-18)15-7-5-10-22(15)19(23)14-9-11-24-16-8-4-3-6-13(14)16/h3-4,6,8,12,14-15H,5,7,9-11H2,1-2H3/t14-,15-/m0/s1. The topological polar surface area (TPSA) is 68.5 Å². The number of benzene rings is 1. The molecule has 2 aliphatic heterocycles. The summed E-state index contributed by atoms with van der Waals surface area (Å²) in [7, 11) is 0. The summed E-state index contributed by atoms with van der Waals surface area (Å²) in [5.74, 6) is 2.27. The highest BCUT2D eigenvalue weighted by molar-refractivity contribution is 5.85. The number of nitrogens with zero attached hydrogens (tertiary/aromatic N) is 3. The van der Waals surface area contributed by atoms with Gasteiger partial charge in [0.1, 0.15) is 5.75 Å². The van der Waals surface area contributed by atoms with Crippen molar-refractivity contribution in [1.29, 1.82) is 0 Å². The maximum absolute atomic E-state index is 13.3. The molecule has 6 heteroatoms. The fraction of sp³-hybridized carbons (Fsp3) is 0.526. The fourth-order valence-corrected chi connectivity index (χ4v) is 3.71. The normalized spacial score (nSPS) is 22.8. The van der Waals surface area contributed by atoms with Gasteiger partial charge < -0.3 is 14.2 Å². The maximum atomic E-state index is 13.3. The van der Waals surface area contributed by atoms with Crippen molar-refractivity contribution in [2.24, 2.45) is 0 Å². The average Bonchev–Trinajstić information content (AvgIpc) is 3.29. The number of likely N-dealkylation sites (tertiary alicyclic amines) is 1. The molecule has 132 valence electrons. The van der Waals surface area contributed by atoms with Crippen LogP contribution in [0.15, 0.2) is 28.8 Å². The molecule has 25 heavy (non-hydrogen) atoms. The zero-order valence-corrected chi connectivity index (χ0v) is 14.6. The number of ether oxygens (including phenoxy) is 1. The highest BCUT2D eigenvalue weighted by Crippen LogP contribution is 2.39. The van der Waals surface area contributed by atoms with E-state index >= 15 is 0 Å². The van der Waals surface area contributed by atoms with Crippen molar-refractivity contribution in [3.8, 4) is 5.75 Å². The summed E-state index contributed by atoms with van der Waals surface area (Å²) in [6, 6.07) is 7.75. The number of carbonyl (C=O) groups excluding carboxylic acids is 1. The molecule has 2 aromatic rings. The van der Waals surface area contributed by atoms with Crippen LogP contribution in [0, 0.1) is 0 Å². The van der Waals surface area contributed by atoms with Crippen molar-refractivity contribution >= 4 is 5.91 Å². The van der Waals surface area contributed by atoms with Crippen LogP contribution in [0.3, 0.4) is 0 Å². The van der Waals surface area contributed by atoms with Crippen molar-refractivity contribution in [2.45, 2.75) is 51.0 Å². The Morgan fingerprint density at radius 2 is 2.12 bits per heavy atom. The van der Waals surface area contributed by atoms with E-state index in [-0.39, 0.29) is 23.8 Å². The van der Waals surface area contributed by atoms with E-state index in [1.807, 2.05) is 43.0 Å². The predicted molar refractivity (Wildman–Crippen MR) is 91.4 cm³/mol. The van der Waals surface area contributed by atoms with Crippen molar-refractivity contribution in [1.82, 2.24) is 15.0 Å². The molecule has 1 amide bonds. The first-order valence-electron chi connectivity index (χ1n) is 9.01. The van der Waals surface area contributed by atoms with Gasteiger partial charge in [-0.1, -0.05) is 37.2 Å². The quantitative estimate of drug-likeness (QED) is 0.855. The molecule has 0 N–H and O–H groups in total. The SMILES string of the molecule is CC(C)c1nc([C@@H]2CCCN2C(=O)[C@H]2CCOc3ccccc32)no1. The minimum Gasteiger partial charge on any atom is -0.493 e. The molecule has 1 aromatic heterocycles. The third-order valence-corrected chi connectivity index (χ3v) is 5.04. The summed E-state index contributed by atoms with van der Waals surface area (Å²) >= 11 is 0. The first kappa shape index (κ1) is 16.1. The van der Waals surface area contributed by atoms with Crippen molar-refractivity contribution in [3.05, 3.63) is 41.5 Å². The molecule has 0 spiro atoms. The monoisotopic (exact) mass is 341 g/mol. The van der Waals surface area contributed by atoms with E-state index in [1.54, 1.807) is 0 Å². The lowest BCUT2D eigenvalue weighted by atomic mass is 9.91. The molecule has 1 saturated heterocycles. The van der Waals surface area contributed by atoms with Gasteiger partial charge in [0.05, 0.1) is 18.6 Å². The second-order valence-corrected chi connectivity index (χ2v) is 7.06. The third kappa shape index (κ3) is 2.90. The van der Waals surface area contributed by atoms with E-state index in [2.05, 4.69) is 10.1 Å². The Hall–Kier alpha value is -2.37. The zero-order chi connectivity index (χ0) is 17.4. The summed E-state index contributed by atoms with van der Waals surface area (Å²) in [4.78, 5) is 19.7. The van der Waals surface area contributed by atoms with E-state index in [9.17, 15) is 4.79 Å². The zero-order valence-electron chi connectivity index (χ0n) is 14.6. The molecule has 6 nitrogen and oxygen atoms in total. The van der Waals surface area contributed by atoms with E-state index in [4.69, 9.17) is 9.26 Å². The van der Waals surface area contributed by atoms with Crippen LogP contribution in [-0.4, -0.2) is 34.1 Å². The fourth-order valence-electron chi connectivity index (χ4n) is 3.71. The first-order valence-corrected chi connectivity index (χ1v) is 9.01. The average molecular weight is 341 g/mol. The first-order chi connectivity index (χ1) is 12.1. The van der Waals surface area contributed by atoms with Crippen LogP contribution in [0.5, 0.6) is 5.75 Å². The van der Waals surface area contributed by atoms with Gasteiger partial charge in [-0.2, -0.15) is 4.98 Å². The molecule has 4 rings (SSSR count).